The van der Waals surface area contributed by atoms with Crippen molar-refractivity contribution in [2.75, 3.05) is 13.2 Å². The van der Waals surface area contributed by atoms with Crippen molar-refractivity contribution in [2.24, 2.45) is 7.05 Å². The second kappa shape index (κ2) is 17.1. The zero-order valence-electron chi connectivity index (χ0n) is 33.6. The number of aryl methyl sites for hydroxylation is 2. The van der Waals surface area contributed by atoms with E-state index >= 15 is 0 Å². The summed E-state index contributed by atoms with van der Waals surface area (Å²) in [5, 5.41) is 20.3. The normalized spacial score (nSPS) is 11.7. The quantitative estimate of drug-likeness (QED) is 0.141. The Morgan fingerprint density at radius 2 is 1.00 bits per heavy atom. The average molecular weight is 840 g/mol. The third-order valence-electron chi connectivity index (χ3n) is 11.5. The molecule has 0 atom stereocenters. The predicted molar refractivity (Wildman–Crippen MR) is 244 cm³/mol. The van der Waals surface area contributed by atoms with E-state index in [0.29, 0.717) is 19.3 Å². The fourth-order valence-corrected chi connectivity index (χ4v) is 8.72. The summed E-state index contributed by atoms with van der Waals surface area (Å²) in [4.78, 5) is 22.0. The number of benzene rings is 4. The van der Waals surface area contributed by atoms with Crippen LogP contribution in [-0.4, -0.2) is 42.9 Å². The van der Waals surface area contributed by atoms with Crippen LogP contribution in [0.1, 0.15) is 29.1 Å². The van der Waals surface area contributed by atoms with Crippen LogP contribution >= 0.6 is 0 Å². The van der Waals surface area contributed by atoms with Gasteiger partial charge in [-0.25, -0.2) is 9.97 Å². The average Bonchev–Trinajstić information content (AvgIpc) is 4.11. The molecule has 4 aromatic carbocycles. The monoisotopic (exact) mass is 838 g/mol. The predicted octanol–water partition coefficient (Wildman–Crippen LogP) is 11.0. The summed E-state index contributed by atoms with van der Waals surface area (Å²) >= 11 is 0. The first kappa shape index (κ1) is 39.7. The first-order valence-electron chi connectivity index (χ1n) is 20.5. The summed E-state index contributed by atoms with van der Waals surface area (Å²) in [6, 6.07) is 52.3. The van der Waals surface area contributed by atoms with Crippen molar-refractivity contribution in [2.45, 2.75) is 19.3 Å². The molecule has 0 aliphatic carbocycles. The molecule has 6 heterocycles. The van der Waals surface area contributed by atoms with Gasteiger partial charge in [0.2, 0.25) is 0 Å². The van der Waals surface area contributed by atoms with Crippen LogP contribution in [0.25, 0.3) is 101 Å². The van der Waals surface area contributed by atoms with Gasteiger partial charge in [0, 0.05) is 59.1 Å². The van der Waals surface area contributed by atoms with E-state index in [2.05, 4.69) is 139 Å². The van der Waals surface area contributed by atoms with Crippen LogP contribution in [0.15, 0.2) is 152 Å². The first-order valence-corrected chi connectivity index (χ1v) is 20.5. The Balaban J connectivity index is 0.00000476. The van der Waals surface area contributed by atoms with Gasteiger partial charge in [-0.2, -0.15) is 0 Å². The maximum Gasteiger partial charge on any atom is 0.0990 e. The molecule has 0 saturated heterocycles. The molecule has 8 bridgehead atoms. The molecule has 0 radical (unpaired) electrons. The Morgan fingerprint density at radius 3 is 1.57 bits per heavy atom. The molecule has 7 nitrogen and oxygen atoms in total. The molecule has 61 heavy (non-hydrogen) atoms. The van der Waals surface area contributed by atoms with Gasteiger partial charge in [0.05, 0.1) is 39.5 Å². The molecule has 0 fully saturated rings. The Hall–Kier alpha value is -6.70. The molecule has 2 aliphatic heterocycles. The number of nitrogens with zero attached hydrogens (tertiary/aromatic N) is 5. The van der Waals surface area contributed by atoms with Gasteiger partial charge in [0.25, 0.3) is 0 Å². The van der Waals surface area contributed by atoms with Crippen molar-refractivity contribution in [1.82, 2.24) is 24.5 Å². The molecule has 2 N–H and O–H groups in total. The van der Waals surface area contributed by atoms with E-state index in [1.807, 2.05) is 36.4 Å². The third kappa shape index (κ3) is 7.23. The van der Waals surface area contributed by atoms with E-state index in [0.717, 1.165) is 112 Å². The number of aliphatic hydroxyl groups excluding tert-OH is 2. The number of hydrogen-bond donors (Lipinski definition) is 2. The summed E-state index contributed by atoms with van der Waals surface area (Å²) in [5.74, 6) is 0. The molecule has 0 amide bonds. The SMILES string of the molecule is Cn1c2ccc1c(-c1ccccc1)c1nc(c(-c3ccccc3)c3ccc([n-]3)c(-c3ccccc3)c3nc(c2-c2ccccc2)C=C3)-c2nc(CCCO)c(CCO)cc2-1.[Ni]. The van der Waals surface area contributed by atoms with E-state index in [4.69, 9.17) is 19.9 Å². The van der Waals surface area contributed by atoms with Crippen molar-refractivity contribution in [3.63, 3.8) is 0 Å². The fourth-order valence-electron chi connectivity index (χ4n) is 8.72. The van der Waals surface area contributed by atoms with Crippen molar-refractivity contribution in [3.8, 4) is 67.2 Å². The minimum absolute atomic E-state index is 0. The summed E-state index contributed by atoms with van der Waals surface area (Å²) < 4.78 is 2.26. The second-order valence-electron chi connectivity index (χ2n) is 15.2. The largest absolute Gasteiger partial charge is 0.657 e. The van der Waals surface area contributed by atoms with Crippen molar-refractivity contribution < 1.29 is 26.7 Å². The number of pyridine rings is 1. The number of rotatable bonds is 9. The van der Waals surface area contributed by atoms with E-state index in [9.17, 15) is 10.2 Å². The van der Waals surface area contributed by atoms with Crippen molar-refractivity contribution in [3.05, 3.63) is 174 Å². The molecule has 2 aliphatic rings. The first-order chi connectivity index (χ1) is 29.6. The Kier molecular flexibility index (Phi) is 11.2. The fraction of sp³-hybridized carbons (Fsp3) is 0.113. The Bertz CT molecular complexity index is 3090. The van der Waals surface area contributed by atoms with E-state index in [1.54, 1.807) is 0 Å². The molecule has 0 saturated carbocycles. The van der Waals surface area contributed by atoms with Gasteiger partial charge >= 0.3 is 0 Å². The van der Waals surface area contributed by atoms with Crippen LogP contribution in [0, 0.1) is 0 Å². The number of aromatic nitrogens is 5. The van der Waals surface area contributed by atoms with Gasteiger partial charge < -0.3 is 19.8 Å². The maximum absolute atomic E-state index is 10.3. The minimum atomic E-state index is -0.0245. The number of fused-ring (bicyclic) bond motifs is 11. The van der Waals surface area contributed by atoms with Gasteiger partial charge in [0.1, 0.15) is 0 Å². The zero-order valence-corrected chi connectivity index (χ0v) is 34.6. The Labute approximate surface area is 364 Å². The number of hydrogen-bond acceptors (Lipinski definition) is 5. The molecule has 10 rings (SSSR count). The maximum atomic E-state index is 10.3. The van der Waals surface area contributed by atoms with Gasteiger partial charge in [-0.3, -0.25) is 4.98 Å². The van der Waals surface area contributed by atoms with Gasteiger partial charge in [0.15, 0.2) is 0 Å². The van der Waals surface area contributed by atoms with Gasteiger partial charge in [-0.15, -0.1) is 11.0 Å². The summed E-state index contributed by atoms with van der Waals surface area (Å²) in [5.41, 5.74) is 18.0. The summed E-state index contributed by atoms with van der Waals surface area (Å²) in [6.45, 7) is 0.0181. The van der Waals surface area contributed by atoms with Crippen LogP contribution in [0.4, 0.5) is 0 Å². The van der Waals surface area contributed by atoms with E-state index < -0.39 is 0 Å². The van der Waals surface area contributed by atoms with Crippen LogP contribution in [0.3, 0.4) is 0 Å². The van der Waals surface area contributed by atoms with Gasteiger partial charge in [-0.1, -0.05) is 133 Å². The smallest absolute Gasteiger partial charge is 0.0990 e. The van der Waals surface area contributed by atoms with Crippen LogP contribution < -0.4 is 4.98 Å². The molecule has 8 aromatic rings. The topological polar surface area (TPSA) is 98.2 Å². The molecule has 0 unspecified atom stereocenters. The second-order valence-corrected chi connectivity index (χ2v) is 15.2. The third-order valence-corrected chi connectivity index (χ3v) is 11.5. The molecule has 8 heteroatoms. The molecular weight excluding hydrogens is 797 g/mol. The van der Waals surface area contributed by atoms with Crippen LogP contribution in [0.2, 0.25) is 0 Å². The molecule has 0 spiro atoms. The molecular formula is C53H42N5NiO2-. The van der Waals surface area contributed by atoms with E-state index in [1.165, 1.54) is 0 Å². The van der Waals surface area contributed by atoms with Gasteiger partial charge in [-0.05, 0) is 88.6 Å². The minimum Gasteiger partial charge on any atom is -0.657 e. The Morgan fingerprint density at radius 1 is 0.492 bits per heavy atom. The molecule has 4 aromatic heterocycles. The standard InChI is InChI=1S/C53H42N5O2.Ni/c1-58-45-28-29-46(58)50(37-21-12-5-13-22-37)51-39-33-38(30-32-60)40(23-14-31-59)56-52(39)53(57-51)49(36-19-10-4-11-20-36)44-27-25-42(55-44)47(34-15-6-2-7-16-34)41-24-26-43(54-41)48(45)35-17-8-3-9-18-35;/h2-13,15-22,24-29,33,59-60H,14,23,30-32H2,1H3;/q-1;. The van der Waals surface area contributed by atoms with E-state index in [-0.39, 0.29) is 29.7 Å². The van der Waals surface area contributed by atoms with Crippen LogP contribution in [-0.2, 0) is 36.4 Å². The summed E-state index contributed by atoms with van der Waals surface area (Å²) in [6.07, 6.45) is 5.79. The van der Waals surface area contributed by atoms with Crippen molar-refractivity contribution in [1.29, 1.82) is 0 Å². The number of aliphatic hydroxyl groups is 2. The van der Waals surface area contributed by atoms with Crippen LogP contribution in [0.5, 0.6) is 0 Å². The van der Waals surface area contributed by atoms with Crippen molar-refractivity contribution >= 4 is 34.2 Å². The summed E-state index contributed by atoms with van der Waals surface area (Å²) in [7, 11) is 2.12. The zero-order chi connectivity index (χ0) is 40.6. The molecule has 302 valence electrons.